The van der Waals surface area contributed by atoms with Gasteiger partial charge in [0.15, 0.2) is 5.69 Å². The van der Waals surface area contributed by atoms with E-state index in [9.17, 15) is 4.79 Å². The first-order valence-electron chi connectivity index (χ1n) is 9.34. The van der Waals surface area contributed by atoms with Crippen LogP contribution in [0.2, 0.25) is 0 Å². The van der Waals surface area contributed by atoms with Gasteiger partial charge in [-0.15, -0.1) is 16.9 Å². The topological polar surface area (TPSA) is 81.1 Å². The summed E-state index contributed by atoms with van der Waals surface area (Å²) in [6, 6.07) is 8.30. The van der Waals surface area contributed by atoms with Crippen molar-refractivity contribution in [2.75, 3.05) is 32.5 Å². The summed E-state index contributed by atoms with van der Waals surface area (Å²) >= 11 is 1.74. The average Bonchev–Trinajstić information content (AvgIpc) is 3.21. The van der Waals surface area contributed by atoms with Crippen molar-refractivity contribution in [3.05, 3.63) is 36.2 Å². The maximum Gasteiger partial charge on any atom is 0.273 e. The fraction of sp³-hybridized carbons (Fsp3) is 0.526. The number of benzene rings is 1. The third-order valence-corrected chi connectivity index (χ3v) is 6.01. The van der Waals surface area contributed by atoms with Crippen LogP contribution in [0.3, 0.4) is 0 Å². The standard InChI is InChI=1S/C19H27N5O2S/c1-14(13-27-18-6-4-3-5-17(18)26-2)11-21-19(25)16-12-24(23-22-16)15-7-9-20-10-8-15/h3-6,12,14-15,20H,7-11,13H2,1-2H3,(H,21,25). The molecule has 1 fully saturated rings. The molecule has 1 atom stereocenters. The van der Waals surface area contributed by atoms with E-state index in [2.05, 4.69) is 27.9 Å². The molecule has 0 bridgehead atoms. The van der Waals surface area contributed by atoms with Gasteiger partial charge in [-0.2, -0.15) is 0 Å². The largest absolute Gasteiger partial charge is 0.496 e. The van der Waals surface area contributed by atoms with Crippen molar-refractivity contribution in [2.45, 2.75) is 30.7 Å². The number of aromatic nitrogens is 3. The lowest BCUT2D eigenvalue weighted by Gasteiger charge is -2.22. The zero-order valence-electron chi connectivity index (χ0n) is 15.9. The summed E-state index contributed by atoms with van der Waals surface area (Å²) in [4.78, 5) is 13.5. The molecule has 1 aliphatic heterocycles. The zero-order valence-corrected chi connectivity index (χ0v) is 16.7. The number of para-hydroxylation sites is 1. The van der Waals surface area contributed by atoms with E-state index in [0.717, 1.165) is 42.3 Å². The highest BCUT2D eigenvalue weighted by atomic mass is 32.2. The summed E-state index contributed by atoms with van der Waals surface area (Å²) in [5, 5.41) is 14.5. The van der Waals surface area contributed by atoms with Crippen molar-refractivity contribution in [2.24, 2.45) is 5.92 Å². The van der Waals surface area contributed by atoms with Crippen LogP contribution in [0, 0.1) is 5.92 Å². The Kier molecular flexibility index (Phi) is 7.11. The minimum atomic E-state index is -0.163. The highest BCUT2D eigenvalue weighted by Gasteiger charge is 2.19. The minimum Gasteiger partial charge on any atom is -0.496 e. The van der Waals surface area contributed by atoms with Gasteiger partial charge >= 0.3 is 0 Å². The molecule has 2 heterocycles. The molecule has 1 aromatic carbocycles. The summed E-state index contributed by atoms with van der Waals surface area (Å²) in [5.41, 5.74) is 0.387. The lowest BCUT2D eigenvalue weighted by molar-refractivity contribution is 0.0944. The molecule has 1 saturated heterocycles. The van der Waals surface area contributed by atoms with E-state index in [1.54, 1.807) is 25.1 Å². The lowest BCUT2D eigenvalue weighted by Crippen LogP contribution is -2.30. The Hall–Kier alpha value is -2.06. The number of nitrogens with zero attached hydrogens (tertiary/aromatic N) is 3. The number of thioether (sulfide) groups is 1. The van der Waals surface area contributed by atoms with Crippen molar-refractivity contribution in [1.82, 2.24) is 25.6 Å². The summed E-state index contributed by atoms with van der Waals surface area (Å²) in [6.45, 7) is 4.68. The normalized spacial score (nSPS) is 16.1. The smallest absolute Gasteiger partial charge is 0.273 e. The molecule has 1 aliphatic rings. The third kappa shape index (κ3) is 5.46. The van der Waals surface area contributed by atoms with Gasteiger partial charge in [-0.1, -0.05) is 24.3 Å². The molecule has 2 N–H and O–H groups in total. The Morgan fingerprint density at radius 2 is 2.19 bits per heavy atom. The Balaban J connectivity index is 1.45. The first kappa shape index (κ1) is 19.7. The van der Waals surface area contributed by atoms with Gasteiger partial charge in [0.2, 0.25) is 0 Å². The molecule has 0 spiro atoms. The highest BCUT2D eigenvalue weighted by molar-refractivity contribution is 7.99. The third-order valence-electron chi connectivity index (χ3n) is 4.63. The van der Waals surface area contributed by atoms with E-state index >= 15 is 0 Å². The van der Waals surface area contributed by atoms with Crippen molar-refractivity contribution < 1.29 is 9.53 Å². The van der Waals surface area contributed by atoms with Crippen molar-refractivity contribution in [1.29, 1.82) is 0 Å². The number of hydrogen-bond donors (Lipinski definition) is 2. The maximum absolute atomic E-state index is 12.4. The maximum atomic E-state index is 12.4. The predicted molar refractivity (Wildman–Crippen MR) is 106 cm³/mol. The predicted octanol–water partition coefficient (Wildman–Crippen LogP) is 2.37. The number of carbonyl (C=O) groups excluding carboxylic acids is 1. The molecule has 7 nitrogen and oxygen atoms in total. The van der Waals surface area contributed by atoms with E-state index in [0.29, 0.717) is 24.2 Å². The Bertz CT molecular complexity index is 745. The van der Waals surface area contributed by atoms with Gasteiger partial charge in [0, 0.05) is 17.2 Å². The molecular weight excluding hydrogens is 362 g/mol. The Morgan fingerprint density at radius 3 is 2.96 bits per heavy atom. The molecule has 27 heavy (non-hydrogen) atoms. The summed E-state index contributed by atoms with van der Waals surface area (Å²) in [5.74, 6) is 1.93. The number of methoxy groups -OCH3 is 1. The van der Waals surface area contributed by atoms with E-state index in [1.165, 1.54) is 0 Å². The number of rotatable bonds is 8. The number of ether oxygens (including phenoxy) is 1. The van der Waals surface area contributed by atoms with Crippen LogP contribution in [0.4, 0.5) is 0 Å². The molecule has 146 valence electrons. The second-order valence-electron chi connectivity index (χ2n) is 6.84. The van der Waals surface area contributed by atoms with E-state index in [-0.39, 0.29) is 5.91 Å². The molecule has 0 aliphatic carbocycles. The van der Waals surface area contributed by atoms with Gasteiger partial charge in [-0.25, -0.2) is 4.68 Å². The number of carbonyl (C=O) groups is 1. The second kappa shape index (κ2) is 9.75. The van der Waals surface area contributed by atoms with Gasteiger partial charge in [0.25, 0.3) is 5.91 Å². The molecule has 8 heteroatoms. The quantitative estimate of drug-likeness (QED) is 0.675. The monoisotopic (exact) mass is 389 g/mol. The van der Waals surface area contributed by atoms with E-state index in [1.807, 2.05) is 28.9 Å². The lowest BCUT2D eigenvalue weighted by atomic mass is 10.1. The van der Waals surface area contributed by atoms with Crippen LogP contribution in [0.15, 0.2) is 35.4 Å². The molecule has 0 saturated carbocycles. The molecular formula is C19H27N5O2S. The van der Waals surface area contributed by atoms with Crippen LogP contribution >= 0.6 is 11.8 Å². The van der Waals surface area contributed by atoms with Crippen LogP contribution < -0.4 is 15.4 Å². The Labute approximate surface area is 164 Å². The Morgan fingerprint density at radius 1 is 1.41 bits per heavy atom. The zero-order chi connectivity index (χ0) is 19.1. The van der Waals surface area contributed by atoms with Crippen molar-refractivity contribution >= 4 is 17.7 Å². The highest BCUT2D eigenvalue weighted by Crippen LogP contribution is 2.29. The molecule has 1 amide bonds. The second-order valence-corrected chi connectivity index (χ2v) is 7.90. The first-order valence-corrected chi connectivity index (χ1v) is 10.3. The summed E-state index contributed by atoms with van der Waals surface area (Å²) < 4.78 is 7.20. The van der Waals surface area contributed by atoms with Crippen LogP contribution in [0.25, 0.3) is 0 Å². The van der Waals surface area contributed by atoms with Gasteiger partial charge < -0.3 is 15.4 Å². The van der Waals surface area contributed by atoms with Crippen LogP contribution in [-0.4, -0.2) is 53.4 Å². The molecule has 1 unspecified atom stereocenters. The van der Waals surface area contributed by atoms with Gasteiger partial charge in [-0.05, 0) is 44.0 Å². The molecule has 1 aromatic heterocycles. The van der Waals surface area contributed by atoms with Crippen LogP contribution in [-0.2, 0) is 0 Å². The van der Waals surface area contributed by atoms with Gasteiger partial charge in [-0.3, -0.25) is 4.79 Å². The molecule has 2 aromatic rings. The first-order chi connectivity index (χ1) is 13.2. The van der Waals surface area contributed by atoms with Gasteiger partial charge in [0.05, 0.1) is 19.3 Å². The fourth-order valence-electron chi connectivity index (χ4n) is 3.02. The minimum absolute atomic E-state index is 0.163. The average molecular weight is 390 g/mol. The number of piperidine rings is 1. The number of nitrogens with one attached hydrogen (secondary N) is 2. The molecule has 3 rings (SSSR count). The van der Waals surface area contributed by atoms with E-state index < -0.39 is 0 Å². The van der Waals surface area contributed by atoms with Crippen LogP contribution in [0.1, 0.15) is 36.3 Å². The summed E-state index contributed by atoms with van der Waals surface area (Å²) in [7, 11) is 1.68. The fourth-order valence-corrected chi connectivity index (χ4v) is 4.07. The number of amides is 1. The number of hydrogen-bond acceptors (Lipinski definition) is 6. The SMILES string of the molecule is COc1ccccc1SCC(C)CNC(=O)c1cn(C2CCNCC2)nn1. The van der Waals surface area contributed by atoms with Crippen molar-refractivity contribution in [3.63, 3.8) is 0 Å². The van der Waals surface area contributed by atoms with Crippen molar-refractivity contribution in [3.8, 4) is 5.75 Å². The van der Waals surface area contributed by atoms with Crippen LogP contribution in [0.5, 0.6) is 5.75 Å². The van der Waals surface area contributed by atoms with E-state index in [4.69, 9.17) is 4.74 Å². The molecule has 0 radical (unpaired) electrons. The van der Waals surface area contributed by atoms with Gasteiger partial charge in [0.1, 0.15) is 5.75 Å². The summed E-state index contributed by atoms with van der Waals surface area (Å²) in [6.07, 6.45) is 3.79.